The number of rotatable bonds is 5. The Balaban J connectivity index is 2.12. The molecule has 0 spiro atoms. The minimum absolute atomic E-state index is 0.592. The van der Waals surface area contributed by atoms with E-state index in [4.69, 9.17) is 24.1 Å². The number of ether oxygens (including phenoxy) is 4. The minimum atomic E-state index is -1.69. The molecule has 2 rings (SSSR count). The maximum absolute atomic E-state index is 10.2. The van der Waals surface area contributed by atoms with Crippen LogP contribution < -0.4 is 0 Å². The summed E-state index contributed by atoms with van der Waals surface area (Å²) in [4.78, 5) is 0. The molecule has 24 heavy (non-hydrogen) atoms. The van der Waals surface area contributed by atoms with E-state index in [9.17, 15) is 30.6 Å². The number of hydrogen-bond donors (Lipinski definition) is 7. The predicted octanol–water partition coefficient (Wildman–Crippen LogP) is -4.74. The zero-order chi connectivity index (χ0) is 18.0. The van der Waals surface area contributed by atoms with Crippen LogP contribution in [0, 0.1) is 0 Å². The Labute approximate surface area is 137 Å². The van der Waals surface area contributed by atoms with E-state index < -0.39 is 74.6 Å². The monoisotopic (exact) mass is 356 g/mol. The minimum Gasteiger partial charge on any atom is -0.394 e. The van der Waals surface area contributed by atoms with E-state index in [0.29, 0.717) is 0 Å². The summed E-state index contributed by atoms with van der Waals surface area (Å²) in [5.74, 6) is 0. The third kappa shape index (κ3) is 3.71. The fraction of sp³-hybridized carbons (Fsp3) is 1.00. The summed E-state index contributed by atoms with van der Waals surface area (Å²) in [7, 11) is 1.24. The molecule has 2 saturated heterocycles. The highest BCUT2D eigenvalue weighted by Gasteiger charge is 2.50. The molecule has 0 saturated carbocycles. The average molecular weight is 356 g/mol. The van der Waals surface area contributed by atoms with Gasteiger partial charge in [0.15, 0.2) is 12.6 Å². The van der Waals surface area contributed by atoms with Crippen molar-refractivity contribution in [3.05, 3.63) is 0 Å². The van der Waals surface area contributed by atoms with Gasteiger partial charge in [-0.3, -0.25) is 0 Å². The van der Waals surface area contributed by atoms with Crippen LogP contribution in [0.2, 0.25) is 0 Å². The predicted molar refractivity (Wildman–Crippen MR) is 73.4 cm³/mol. The molecule has 11 heteroatoms. The van der Waals surface area contributed by atoms with Crippen molar-refractivity contribution in [2.24, 2.45) is 0 Å². The Morgan fingerprint density at radius 1 is 0.708 bits per heavy atom. The Morgan fingerprint density at radius 3 is 1.79 bits per heavy atom. The molecule has 2 aliphatic rings. The lowest BCUT2D eigenvalue weighted by atomic mass is 9.97. The number of hydrogen-bond acceptors (Lipinski definition) is 11. The lowest BCUT2D eigenvalue weighted by Gasteiger charge is -2.45. The molecule has 0 aromatic heterocycles. The van der Waals surface area contributed by atoms with Crippen LogP contribution in [0.5, 0.6) is 0 Å². The van der Waals surface area contributed by atoms with Crippen molar-refractivity contribution in [3.63, 3.8) is 0 Å². The van der Waals surface area contributed by atoms with Crippen molar-refractivity contribution in [2.45, 2.75) is 61.4 Å². The molecule has 0 amide bonds. The van der Waals surface area contributed by atoms with Crippen molar-refractivity contribution >= 4 is 0 Å². The number of methoxy groups -OCH3 is 1. The summed E-state index contributed by atoms with van der Waals surface area (Å²) in [6.45, 7) is -1.24. The number of aliphatic hydroxyl groups excluding tert-OH is 7. The molecule has 6 unspecified atom stereocenters. The van der Waals surface area contributed by atoms with E-state index in [2.05, 4.69) is 0 Å². The molecular weight excluding hydrogens is 332 g/mol. The van der Waals surface area contributed by atoms with Gasteiger partial charge in [-0.05, 0) is 0 Å². The summed E-state index contributed by atoms with van der Waals surface area (Å²) in [6, 6.07) is 0. The third-order valence-corrected chi connectivity index (χ3v) is 4.19. The lowest BCUT2D eigenvalue weighted by molar-refractivity contribution is -0.357. The standard InChI is InChI=1S/C13H24O11/c1-21-12-10(20)8(18)11(5(3-15)23-12)24-13-9(19)7(17)6(16)4(2-14)22-13/h4-20H,2-3H2,1H3/t4?,5?,6-,7?,8?,9?,10?,11+,12-,13-/m0/s1. The first kappa shape index (κ1) is 19.9. The average Bonchev–Trinajstić information content (AvgIpc) is 2.59. The van der Waals surface area contributed by atoms with Gasteiger partial charge in [-0.2, -0.15) is 0 Å². The molecule has 2 fully saturated rings. The largest absolute Gasteiger partial charge is 0.394 e. The summed E-state index contributed by atoms with van der Waals surface area (Å²) >= 11 is 0. The van der Waals surface area contributed by atoms with Crippen LogP contribution in [-0.2, 0) is 18.9 Å². The first-order valence-electron chi connectivity index (χ1n) is 7.46. The van der Waals surface area contributed by atoms with E-state index in [0.717, 1.165) is 0 Å². The summed E-state index contributed by atoms with van der Waals surface area (Å²) in [5.41, 5.74) is 0. The second kappa shape index (κ2) is 8.29. The van der Waals surface area contributed by atoms with Crippen molar-refractivity contribution in [2.75, 3.05) is 20.3 Å². The van der Waals surface area contributed by atoms with Crippen LogP contribution in [0.15, 0.2) is 0 Å². The van der Waals surface area contributed by atoms with Crippen molar-refractivity contribution in [1.82, 2.24) is 0 Å². The Bertz CT molecular complexity index is 392. The second-order valence-electron chi connectivity index (χ2n) is 5.74. The summed E-state index contributed by atoms with van der Waals surface area (Å²) in [6.07, 6.45) is -14.3. The van der Waals surface area contributed by atoms with Crippen molar-refractivity contribution < 1.29 is 54.7 Å². The highest BCUT2D eigenvalue weighted by Crippen LogP contribution is 2.29. The molecule has 0 aliphatic carbocycles. The normalized spacial score (nSPS) is 50.0. The van der Waals surface area contributed by atoms with E-state index in [1.807, 2.05) is 0 Å². The number of aliphatic hydroxyl groups is 7. The van der Waals surface area contributed by atoms with E-state index >= 15 is 0 Å². The van der Waals surface area contributed by atoms with E-state index in [1.54, 1.807) is 0 Å². The van der Waals surface area contributed by atoms with Gasteiger partial charge in [-0.15, -0.1) is 0 Å². The van der Waals surface area contributed by atoms with E-state index in [1.165, 1.54) is 7.11 Å². The fourth-order valence-corrected chi connectivity index (χ4v) is 2.75. The van der Waals surface area contributed by atoms with Gasteiger partial charge in [0.25, 0.3) is 0 Å². The SMILES string of the molecule is CO[C@H]1OC(CO)[C@@H](O[C@@H]2OC(CO)[C@H](O)C(O)C2O)C(O)C1O. The van der Waals surface area contributed by atoms with Crippen molar-refractivity contribution in [1.29, 1.82) is 0 Å². The van der Waals surface area contributed by atoms with Gasteiger partial charge >= 0.3 is 0 Å². The zero-order valence-electron chi connectivity index (χ0n) is 13.0. The van der Waals surface area contributed by atoms with Gasteiger partial charge in [0.1, 0.15) is 48.8 Å². The topological polar surface area (TPSA) is 179 Å². The first-order valence-corrected chi connectivity index (χ1v) is 7.46. The maximum Gasteiger partial charge on any atom is 0.187 e. The smallest absolute Gasteiger partial charge is 0.187 e. The van der Waals surface area contributed by atoms with Gasteiger partial charge in [0.2, 0.25) is 0 Å². The molecule has 0 radical (unpaired) electrons. The Kier molecular flexibility index (Phi) is 6.87. The van der Waals surface area contributed by atoms with Crippen LogP contribution in [0.25, 0.3) is 0 Å². The molecule has 7 N–H and O–H groups in total. The Hall–Kier alpha value is -0.440. The second-order valence-corrected chi connectivity index (χ2v) is 5.74. The molecule has 0 aromatic rings. The van der Waals surface area contributed by atoms with Gasteiger partial charge in [0, 0.05) is 7.11 Å². The summed E-state index contributed by atoms with van der Waals surface area (Å²) in [5, 5.41) is 68.0. The van der Waals surface area contributed by atoms with Crippen LogP contribution in [0.3, 0.4) is 0 Å². The fourth-order valence-electron chi connectivity index (χ4n) is 2.75. The molecule has 11 nitrogen and oxygen atoms in total. The molecular formula is C13H24O11. The molecule has 142 valence electrons. The lowest BCUT2D eigenvalue weighted by Crippen LogP contribution is -2.64. The van der Waals surface area contributed by atoms with Crippen LogP contribution in [0.4, 0.5) is 0 Å². The Morgan fingerprint density at radius 2 is 1.25 bits per heavy atom. The van der Waals surface area contributed by atoms with Crippen LogP contribution >= 0.6 is 0 Å². The van der Waals surface area contributed by atoms with E-state index in [-0.39, 0.29) is 0 Å². The van der Waals surface area contributed by atoms with Crippen LogP contribution in [0.1, 0.15) is 0 Å². The molecule has 10 atom stereocenters. The highest BCUT2D eigenvalue weighted by molar-refractivity contribution is 4.93. The zero-order valence-corrected chi connectivity index (χ0v) is 13.0. The molecule has 0 bridgehead atoms. The maximum atomic E-state index is 10.2. The first-order chi connectivity index (χ1) is 11.3. The van der Waals surface area contributed by atoms with Gasteiger partial charge in [0.05, 0.1) is 13.2 Å². The highest BCUT2D eigenvalue weighted by atomic mass is 16.7. The quantitative estimate of drug-likeness (QED) is 0.251. The van der Waals surface area contributed by atoms with Crippen molar-refractivity contribution in [3.8, 4) is 0 Å². The van der Waals surface area contributed by atoms with Gasteiger partial charge in [-0.1, -0.05) is 0 Å². The third-order valence-electron chi connectivity index (χ3n) is 4.19. The summed E-state index contributed by atoms with van der Waals surface area (Å²) < 4.78 is 20.6. The molecule has 0 aromatic carbocycles. The van der Waals surface area contributed by atoms with Gasteiger partial charge < -0.3 is 54.7 Å². The molecule has 2 heterocycles. The van der Waals surface area contributed by atoms with Crippen LogP contribution in [-0.4, -0.2) is 117 Å². The van der Waals surface area contributed by atoms with Gasteiger partial charge in [-0.25, -0.2) is 0 Å². The molecule has 2 aliphatic heterocycles.